The Morgan fingerprint density at radius 1 is 1.06 bits per heavy atom. The molecule has 2 aliphatic rings. The molecule has 0 radical (unpaired) electrons. The number of aryl methyl sites for hydroxylation is 1. The van der Waals surface area contributed by atoms with Crippen LogP contribution in [0, 0.1) is 5.82 Å². The number of hydrogen-bond acceptors (Lipinski definition) is 6. The van der Waals surface area contributed by atoms with Crippen molar-refractivity contribution in [3.05, 3.63) is 97.2 Å². The average Bonchev–Trinajstić information content (AvgIpc) is 3.47. The van der Waals surface area contributed by atoms with E-state index in [9.17, 15) is 28.0 Å². The number of nitrogens with one attached hydrogen (secondary N) is 1. The fourth-order valence-electron chi connectivity index (χ4n) is 5.51. The molecule has 1 aliphatic carbocycles. The third kappa shape index (κ3) is 12.9. The summed E-state index contributed by atoms with van der Waals surface area (Å²) in [5.41, 5.74) is 1.63. The fourth-order valence-corrected chi connectivity index (χ4v) is 5.51. The van der Waals surface area contributed by atoms with Crippen LogP contribution in [-0.2, 0) is 16.0 Å². The van der Waals surface area contributed by atoms with E-state index >= 15 is 0 Å². The highest BCUT2D eigenvalue weighted by Gasteiger charge is 2.37. The van der Waals surface area contributed by atoms with E-state index in [-0.39, 0.29) is 49.4 Å². The van der Waals surface area contributed by atoms with E-state index in [1.165, 1.54) is 18.2 Å². The lowest BCUT2D eigenvalue weighted by Gasteiger charge is -2.33. The summed E-state index contributed by atoms with van der Waals surface area (Å²) in [6.45, 7) is 18.0. The molecule has 2 fully saturated rings. The van der Waals surface area contributed by atoms with E-state index in [0.717, 1.165) is 29.5 Å². The van der Waals surface area contributed by atoms with Gasteiger partial charge in [-0.1, -0.05) is 71.4 Å². The van der Waals surface area contributed by atoms with E-state index < -0.39 is 23.7 Å². The third-order valence-electron chi connectivity index (χ3n) is 7.78. The summed E-state index contributed by atoms with van der Waals surface area (Å²) in [6, 6.07) is 11.4. The van der Waals surface area contributed by atoms with E-state index in [2.05, 4.69) is 28.4 Å². The maximum absolute atomic E-state index is 13.7. The number of halogens is 3. The van der Waals surface area contributed by atoms with Gasteiger partial charge in [-0.2, -0.15) is 0 Å². The summed E-state index contributed by atoms with van der Waals surface area (Å²) in [7, 11) is 0. The zero-order chi connectivity index (χ0) is 37.0. The van der Waals surface area contributed by atoms with E-state index in [1.807, 2.05) is 53.7 Å². The molecule has 11 heteroatoms. The van der Waals surface area contributed by atoms with Crippen molar-refractivity contribution in [2.24, 2.45) is 0 Å². The zero-order valence-corrected chi connectivity index (χ0v) is 29.8. The van der Waals surface area contributed by atoms with Crippen LogP contribution >= 0.6 is 0 Å². The van der Waals surface area contributed by atoms with Crippen LogP contribution in [0.2, 0.25) is 0 Å². The van der Waals surface area contributed by atoms with Crippen molar-refractivity contribution in [1.82, 2.24) is 15.3 Å². The van der Waals surface area contributed by atoms with Gasteiger partial charge in [0.1, 0.15) is 5.82 Å². The van der Waals surface area contributed by atoms with Crippen molar-refractivity contribution in [1.29, 1.82) is 0 Å². The second kappa shape index (κ2) is 22.4. The molecule has 2 atom stereocenters. The third-order valence-corrected chi connectivity index (χ3v) is 7.78. The van der Waals surface area contributed by atoms with Gasteiger partial charge in [-0.05, 0) is 61.9 Å². The van der Waals surface area contributed by atoms with Gasteiger partial charge in [0.05, 0.1) is 11.9 Å². The van der Waals surface area contributed by atoms with Gasteiger partial charge in [-0.3, -0.25) is 24.7 Å². The molecule has 1 saturated carbocycles. The van der Waals surface area contributed by atoms with Gasteiger partial charge >= 0.3 is 0 Å². The maximum Gasteiger partial charge on any atom is 0.250 e. The molecule has 49 heavy (non-hydrogen) atoms. The standard InChI is InChI=1S/C23H27F3N2O2.C9H11N3O.2C2H6.C2H4/c1-2-6-16-7-3-4-10-20(16)21(28(30)19-9-5-8-17(24)15-19)22(29)27-18-11-13-23(25,26)14-12-18;1-7-2-3-9(13)12(7)8-6-10-4-5-11-8;3*1-2/h3-5,7-10,15,18,21,30H,2,6,11-14H2,1H3,(H,27,29);4-7H,2-3H2,1H3;2*1-2H3;1-2H2/t21-;7-;;;/m11.../s1. The molecule has 8 nitrogen and oxygen atoms in total. The monoisotopic (exact) mass is 685 g/mol. The van der Waals surface area contributed by atoms with Crippen LogP contribution in [0.1, 0.15) is 104 Å². The number of nitrogens with zero attached hydrogens (tertiary/aromatic N) is 4. The molecule has 2 aromatic carbocycles. The number of rotatable bonds is 8. The lowest BCUT2D eigenvalue weighted by atomic mass is 9.91. The van der Waals surface area contributed by atoms with Crippen molar-refractivity contribution in [2.75, 3.05) is 9.96 Å². The lowest BCUT2D eigenvalue weighted by Crippen LogP contribution is -2.46. The van der Waals surface area contributed by atoms with Crippen LogP contribution in [0.15, 0.2) is 80.3 Å². The number of carbonyl (C=O) groups excluding carboxylic acids is 2. The average molecular weight is 686 g/mol. The lowest BCUT2D eigenvalue weighted by molar-refractivity contribution is -0.126. The minimum atomic E-state index is -2.70. The summed E-state index contributed by atoms with van der Waals surface area (Å²) in [5, 5.41) is 14.5. The minimum Gasteiger partial charge on any atom is -0.351 e. The topological polar surface area (TPSA) is 98.7 Å². The number of alkyl halides is 2. The highest BCUT2D eigenvalue weighted by molar-refractivity contribution is 5.95. The Kier molecular flexibility index (Phi) is 19.5. The van der Waals surface area contributed by atoms with Crippen molar-refractivity contribution < 1.29 is 28.0 Å². The van der Waals surface area contributed by atoms with E-state index in [4.69, 9.17) is 0 Å². The Morgan fingerprint density at radius 2 is 1.71 bits per heavy atom. The van der Waals surface area contributed by atoms with Gasteiger partial charge in [0.15, 0.2) is 11.9 Å². The predicted octanol–water partition coefficient (Wildman–Crippen LogP) is 9.26. The maximum atomic E-state index is 13.7. The van der Waals surface area contributed by atoms with Gasteiger partial charge in [0, 0.05) is 43.7 Å². The number of benzene rings is 2. The molecular weight excluding hydrogens is 631 g/mol. The number of carbonyl (C=O) groups is 2. The molecule has 2 heterocycles. The Bertz CT molecular complexity index is 1390. The van der Waals surface area contributed by atoms with Crippen molar-refractivity contribution in [2.45, 2.75) is 117 Å². The first-order valence-corrected chi connectivity index (χ1v) is 17.2. The van der Waals surface area contributed by atoms with Crippen molar-refractivity contribution in [3.8, 4) is 0 Å². The molecular formula is C38H54F3N5O3. The molecule has 1 aliphatic heterocycles. The predicted molar refractivity (Wildman–Crippen MR) is 191 cm³/mol. The van der Waals surface area contributed by atoms with Crippen molar-refractivity contribution in [3.63, 3.8) is 0 Å². The van der Waals surface area contributed by atoms with Crippen LogP contribution in [0.25, 0.3) is 0 Å². The number of hydroxylamine groups is 1. The van der Waals surface area contributed by atoms with Gasteiger partial charge in [-0.25, -0.2) is 23.2 Å². The van der Waals surface area contributed by atoms with Gasteiger partial charge in [0.25, 0.3) is 0 Å². The Balaban J connectivity index is 0.000000524. The normalized spacial score (nSPS) is 16.9. The molecule has 0 spiro atoms. The second-order valence-electron chi connectivity index (χ2n) is 11.0. The minimum absolute atomic E-state index is 0.136. The van der Waals surface area contributed by atoms with Crippen molar-refractivity contribution >= 4 is 23.3 Å². The quantitative estimate of drug-likeness (QED) is 0.181. The number of amides is 2. The first-order chi connectivity index (χ1) is 23.6. The van der Waals surface area contributed by atoms with E-state index in [1.54, 1.807) is 35.6 Å². The van der Waals surface area contributed by atoms with Crippen LogP contribution in [-0.4, -0.2) is 45.0 Å². The Hall–Kier alpha value is -4.25. The van der Waals surface area contributed by atoms with Crippen LogP contribution < -0.4 is 15.3 Å². The molecule has 5 rings (SSSR count). The van der Waals surface area contributed by atoms with Crippen LogP contribution in [0.3, 0.4) is 0 Å². The SMILES string of the molecule is C=C.CC.CC.CCCc1ccccc1[C@H](C(=O)NC1CCC(F)(F)CC1)N(O)c1cccc(F)c1.C[C@@H]1CCC(=O)N1c1cnccn1. The largest absolute Gasteiger partial charge is 0.351 e. The molecule has 0 bridgehead atoms. The smallest absolute Gasteiger partial charge is 0.250 e. The first kappa shape index (κ1) is 42.8. The molecule has 1 aromatic heterocycles. The number of hydrogen-bond donors (Lipinski definition) is 2. The zero-order valence-electron chi connectivity index (χ0n) is 29.8. The summed E-state index contributed by atoms with van der Waals surface area (Å²) >= 11 is 0. The molecule has 2 amide bonds. The Morgan fingerprint density at radius 3 is 2.27 bits per heavy atom. The summed E-state index contributed by atoms with van der Waals surface area (Å²) in [5.74, 6) is -2.92. The first-order valence-electron chi connectivity index (χ1n) is 17.2. The van der Waals surface area contributed by atoms with Gasteiger partial charge in [-0.15, -0.1) is 13.2 Å². The molecule has 270 valence electrons. The molecule has 3 aromatic rings. The molecule has 2 N–H and O–H groups in total. The fraction of sp³-hybridized carbons (Fsp3) is 0.474. The summed E-state index contributed by atoms with van der Waals surface area (Å²) in [6.07, 6.45) is 7.71. The van der Waals surface area contributed by atoms with Crippen LogP contribution in [0.4, 0.5) is 24.7 Å². The van der Waals surface area contributed by atoms with Gasteiger partial charge < -0.3 is 5.32 Å². The summed E-state index contributed by atoms with van der Waals surface area (Å²) in [4.78, 5) is 34.4. The number of aromatic nitrogens is 2. The second-order valence-corrected chi connectivity index (χ2v) is 11.0. The van der Waals surface area contributed by atoms with Gasteiger partial charge in [0.2, 0.25) is 17.7 Å². The van der Waals surface area contributed by atoms with Crippen LogP contribution in [0.5, 0.6) is 0 Å². The highest BCUT2D eigenvalue weighted by Crippen LogP contribution is 2.34. The number of anilines is 2. The highest BCUT2D eigenvalue weighted by atomic mass is 19.3. The summed E-state index contributed by atoms with van der Waals surface area (Å²) < 4.78 is 40.7. The Labute approximate surface area is 290 Å². The van der Waals surface area contributed by atoms with E-state index in [0.29, 0.717) is 24.2 Å². The molecule has 0 unspecified atom stereocenters. The molecule has 1 saturated heterocycles.